The van der Waals surface area contributed by atoms with E-state index >= 15 is 0 Å². The van der Waals surface area contributed by atoms with Gasteiger partial charge in [-0.15, -0.1) is 11.3 Å². The predicted octanol–water partition coefficient (Wildman–Crippen LogP) is 5.32. The van der Waals surface area contributed by atoms with E-state index in [4.69, 9.17) is 11.6 Å². The lowest BCUT2D eigenvalue weighted by Gasteiger charge is -2.08. The number of halogens is 2. The van der Waals surface area contributed by atoms with Crippen molar-refractivity contribution in [2.45, 2.75) is 6.54 Å². The third kappa shape index (κ3) is 2.76. The van der Waals surface area contributed by atoms with Gasteiger partial charge in [-0.05, 0) is 21.5 Å². The zero-order valence-corrected chi connectivity index (χ0v) is 13.0. The van der Waals surface area contributed by atoms with Crippen LogP contribution in [0.25, 0.3) is 10.2 Å². The Balaban J connectivity index is 1.92. The number of aromatic nitrogens is 1. The molecule has 96 valence electrons. The largest absolute Gasteiger partial charge is 0.380 e. The maximum absolute atomic E-state index is 6.07. The minimum absolute atomic E-state index is 0.502. The van der Waals surface area contributed by atoms with Gasteiger partial charge in [0.25, 0.3) is 0 Å². The smallest absolute Gasteiger partial charge is 0.131 e. The summed E-state index contributed by atoms with van der Waals surface area (Å²) in [5.74, 6) is 0. The van der Waals surface area contributed by atoms with Crippen molar-refractivity contribution in [1.82, 2.24) is 4.98 Å². The van der Waals surface area contributed by atoms with Gasteiger partial charge in [0.15, 0.2) is 0 Å². The second kappa shape index (κ2) is 5.49. The van der Waals surface area contributed by atoms with Gasteiger partial charge in [0.2, 0.25) is 0 Å². The van der Waals surface area contributed by atoms with Gasteiger partial charge in [-0.3, -0.25) is 0 Å². The van der Waals surface area contributed by atoms with Crippen LogP contribution in [-0.2, 0) is 6.54 Å². The molecule has 0 aliphatic rings. The predicted molar refractivity (Wildman–Crippen MR) is 86.1 cm³/mol. The van der Waals surface area contributed by atoms with E-state index in [1.54, 1.807) is 11.3 Å². The molecule has 19 heavy (non-hydrogen) atoms. The van der Waals surface area contributed by atoms with E-state index in [1.165, 1.54) is 5.56 Å². The van der Waals surface area contributed by atoms with Crippen LogP contribution in [0.15, 0.2) is 46.3 Å². The number of anilines is 1. The molecule has 0 spiro atoms. The standard InChI is InChI=1S/C14H10BrClN2S/c15-10-8-19-14-11(6-12(16)18-13(10)14)17-7-9-4-2-1-3-5-9/h1-6,8H,7H2,(H,17,18). The topological polar surface area (TPSA) is 24.9 Å². The second-order valence-corrected chi connectivity index (χ2v) is 6.21. The van der Waals surface area contributed by atoms with Gasteiger partial charge in [0, 0.05) is 18.0 Å². The van der Waals surface area contributed by atoms with E-state index in [9.17, 15) is 0 Å². The van der Waals surface area contributed by atoms with Gasteiger partial charge >= 0.3 is 0 Å². The Morgan fingerprint density at radius 1 is 1.26 bits per heavy atom. The number of hydrogen-bond donors (Lipinski definition) is 1. The van der Waals surface area contributed by atoms with Crippen LogP contribution in [0.3, 0.4) is 0 Å². The molecule has 0 radical (unpaired) electrons. The fraction of sp³-hybridized carbons (Fsp3) is 0.0714. The Labute approximate surface area is 128 Å². The van der Waals surface area contributed by atoms with Gasteiger partial charge in [-0.2, -0.15) is 0 Å². The van der Waals surface area contributed by atoms with Crippen molar-refractivity contribution in [2.24, 2.45) is 0 Å². The fourth-order valence-electron chi connectivity index (χ4n) is 1.87. The van der Waals surface area contributed by atoms with Crippen molar-refractivity contribution in [3.63, 3.8) is 0 Å². The molecule has 1 N–H and O–H groups in total. The van der Waals surface area contributed by atoms with Gasteiger partial charge in [0.1, 0.15) is 5.15 Å². The average Bonchev–Trinajstić information content (AvgIpc) is 2.79. The Hall–Kier alpha value is -1.10. The molecule has 2 heterocycles. The van der Waals surface area contributed by atoms with Crippen molar-refractivity contribution in [1.29, 1.82) is 0 Å². The Bertz CT molecular complexity index is 712. The van der Waals surface area contributed by atoms with Gasteiger partial charge in [0.05, 0.1) is 20.4 Å². The number of fused-ring (bicyclic) bond motifs is 1. The summed E-state index contributed by atoms with van der Waals surface area (Å²) in [5, 5.41) is 5.95. The molecule has 0 aliphatic heterocycles. The number of thiophene rings is 1. The molecule has 0 amide bonds. The molecule has 0 bridgehead atoms. The summed E-state index contributed by atoms with van der Waals surface area (Å²) >= 11 is 11.2. The molecule has 0 unspecified atom stereocenters. The first kappa shape index (κ1) is 12.9. The summed E-state index contributed by atoms with van der Waals surface area (Å²) in [6.07, 6.45) is 0. The third-order valence-electron chi connectivity index (χ3n) is 2.77. The molecule has 2 aromatic heterocycles. The summed E-state index contributed by atoms with van der Waals surface area (Å²) in [4.78, 5) is 4.34. The minimum Gasteiger partial charge on any atom is -0.380 e. The monoisotopic (exact) mass is 352 g/mol. The van der Waals surface area contributed by atoms with Crippen LogP contribution < -0.4 is 5.32 Å². The lowest BCUT2D eigenvalue weighted by molar-refractivity contribution is 1.15. The number of hydrogen-bond acceptors (Lipinski definition) is 3. The molecule has 0 atom stereocenters. The van der Waals surface area contributed by atoms with Crippen molar-refractivity contribution in [3.05, 3.63) is 57.0 Å². The Morgan fingerprint density at radius 3 is 2.84 bits per heavy atom. The van der Waals surface area contributed by atoms with Gasteiger partial charge < -0.3 is 5.32 Å². The zero-order valence-electron chi connectivity index (χ0n) is 9.86. The fourth-order valence-corrected chi connectivity index (χ4v) is 3.62. The Kier molecular flexibility index (Phi) is 3.73. The van der Waals surface area contributed by atoms with Crippen molar-refractivity contribution < 1.29 is 0 Å². The molecule has 5 heteroatoms. The van der Waals surface area contributed by atoms with Crippen LogP contribution in [0.5, 0.6) is 0 Å². The number of benzene rings is 1. The van der Waals surface area contributed by atoms with Crippen molar-refractivity contribution >= 4 is 54.8 Å². The summed E-state index contributed by atoms with van der Waals surface area (Å²) in [7, 11) is 0. The Morgan fingerprint density at radius 2 is 2.05 bits per heavy atom. The molecule has 1 aromatic carbocycles. The maximum atomic E-state index is 6.07. The highest BCUT2D eigenvalue weighted by Gasteiger charge is 2.09. The number of pyridine rings is 1. The molecule has 3 aromatic rings. The molecular formula is C14H10BrClN2S. The molecule has 0 aliphatic carbocycles. The van der Waals surface area contributed by atoms with Crippen LogP contribution in [0.4, 0.5) is 5.69 Å². The molecule has 0 fully saturated rings. The highest BCUT2D eigenvalue weighted by atomic mass is 79.9. The van der Waals surface area contributed by atoms with Crippen molar-refractivity contribution in [2.75, 3.05) is 5.32 Å². The maximum Gasteiger partial charge on any atom is 0.131 e. The lowest BCUT2D eigenvalue weighted by Crippen LogP contribution is -1.99. The molecule has 0 saturated heterocycles. The first-order valence-electron chi connectivity index (χ1n) is 5.75. The third-order valence-corrected chi connectivity index (χ3v) is 4.88. The van der Waals surface area contributed by atoms with E-state index in [0.29, 0.717) is 5.15 Å². The number of nitrogens with one attached hydrogen (secondary N) is 1. The quantitative estimate of drug-likeness (QED) is 0.644. The molecular weight excluding hydrogens is 344 g/mol. The van der Waals surface area contributed by atoms with Crippen LogP contribution >= 0.6 is 38.9 Å². The van der Waals surface area contributed by atoms with Crippen molar-refractivity contribution in [3.8, 4) is 0 Å². The minimum atomic E-state index is 0.502. The molecule has 0 saturated carbocycles. The van der Waals surface area contributed by atoms with Crippen LogP contribution in [-0.4, -0.2) is 4.98 Å². The SMILES string of the molecule is Clc1cc(NCc2ccccc2)c2scc(Br)c2n1. The van der Waals surface area contributed by atoms with E-state index in [1.807, 2.05) is 29.6 Å². The number of rotatable bonds is 3. The van der Waals surface area contributed by atoms with E-state index in [0.717, 1.165) is 26.9 Å². The highest BCUT2D eigenvalue weighted by Crippen LogP contribution is 2.35. The van der Waals surface area contributed by atoms with E-state index < -0.39 is 0 Å². The van der Waals surface area contributed by atoms with Gasteiger partial charge in [-0.1, -0.05) is 41.9 Å². The van der Waals surface area contributed by atoms with Crippen LogP contribution in [0.1, 0.15) is 5.56 Å². The molecule has 2 nitrogen and oxygen atoms in total. The van der Waals surface area contributed by atoms with Crippen LogP contribution in [0.2, 0.25) is 5.15 Å². The highest BCUT2D eigenvalue weighted by molar-refractivity contribution is 9.10. The normalized spacial score (nSPS) is 10.8. The first-order valence-corrected chi connectivity index (χ1v) is 7.80. The zero-order chi connectivity index (χ0) is 13.2. The number of nitrogens with zero attached hydrogens (tertiary/aromatic N) is 1. The average molecular weight is 354 g/mol. The summed E-state index contributed by atoms with van der Waals surface area (Å²) in [5.41, 5.74) is 3.17. The van der Waals surface area contributed by atoms with E-state index in [-0.39, 0.29) is 0 Å². The van der Waals surface area contributed by atoms with Crippen LogP contribution in [0, 0.1) is 0 Å². The summed E-state index contributed by atoms with van der Waals surface area (Å²) in [6, 6.07) is 12.1. The van der Waals surface area contributed by atoms with Gasteiger partial charge in [-0.25, -0.2) is 4.98 Å². The first-order chi connectivity index (χ1) is 9.24. The van der Waals surface area contributed by atoms with E-state index in [2.05, 4.69) is 38.4 Å². The lowest BCUT2D eigenvalue weighted by atomic mass is 10.2. The summed E-state index contributed by atoms with van der Waals surface area (Å²) < 4.78 is 2.10. The summed E-state index contributed by atoms with van der Waals surface area (Å²) in [6.45, 7) is 0.770. The molecule has 3 rings (SSSR count). The second-order valence-electron chi connectivity index (χ2n) is 4.09.